The molecule has 8 nitrogen and oxygen atoms in total. The molecule has 1 saturated heterocycles. The van der Waals surface area contributed by atoms with E-state index in [0.717, 1.165) is 49.0 Å². The Balaban J connectivity index is 1.30. The number of hydrogen-bond acceptors (Lipinski definition) is 5. The van der Waals surface area contributed by atoms with Crippen LogP contribution in [0, 0.1) is 5.92 Å². The van der Waals surface area contributed by atoms with E-state index in [0.29, 0.717) is 18.8 Å². The molecule has 0 bridgehead atoms. The van der Waals surface area contributed by atoms with Crippen LogP contribution in [0.25, 0.3) is 0 Å². The molecule has 33 heavy (non-hydrogen) atoms. The molecule has 1 N–H and O–H groups in total. The van der Waals surface area contributed by atoms with Gasteiger partial charge in [-0.25, -0.2) is 4.79 Å². The van der Waals surface area contributed by atoms with Crippen LogP contribution in [0.3, 0.4) is 0 Å². The Morgan fingerprint density at radius 3 is 2.64 bits per heavy atom. The van der Waals surface area contributed by atoms with Gasteiger partial charge >= 0.3 is 12.0 Å². The lowest BCUT2D eigenvalue weighted by atomic mass is 9.75. The minimum absolute atomic E-state index is 0.0507. The maximum absolute atomic E-state index is 13.0. The van der Waals surface area contributed by atoms with E-state index in [2.05, 4.69) is 18.3 Å². The number of carbonyl (C=O) groups excluding carboxylic acids is 4. The van der Waals surface area contributed by atoms with Gasteiger partial charge in [-0.3, -0.25) is 19.3 Å². The summed E-state index contributed by atoms with van der Waals surface area (Å²) in [5, 5.41) is 2.81. The van der Waals surface area contributed by atoms with Crippen LogP contribution < -0.4 is 5.32 Å². The molecule has 1 aliphatic heterocycles. The smallest absolute Gasteiger partial charge is 0.326 e. The van der Waals surface area contributed by atoms with Crippen molar-refractivity contribution in [2.45, 2.75) is 69.9 Å². The molecule has 0 aromatic heterocycles. The van der Waals surface area contributed by atoms with Crippen LogP contribution in [-0.2, 0) is 25.5 Å². The summed E-state index contributed by atoms with van der Waals surface area (Å²) < 4.78 is 5.17. The van der Waals surface area contributed by atoms with Gasteiger partial charge in [0.15, 0.2) is 6.61 Å². The van der Waals surface area contributed by atoms with Crippen molar-refractivity contribution in [1.82, 2.24) is 15.1 Å². The molecular weight excluding hydrogens is 422 g/mol. The predicted molar refractivity (Wildman–Crippen MR) is 121 cm³/mol. The van der Waals surface area contributed by atoms with Gasteiger partial charge in [0.05, 0.1) is 6.04 Å². The molecule has 2 aliphatic carbocycles. The first-order valence-electron chi connectivity index (χ1n) is 12.0. The summed E-state index contributed by atoms with van der Waals surface area (Å²) in [6, 6.07) is 7.48. The summed E-state index contributed by atoms with van der Waals surface area (Å²) >= 11 is 0. The quantitative estimate of drug-likeness (QED) is 0.526. The van der Waals surface area contributed by atoms with Crippen molar-refractivity contribution in [2.75, 3.05) is 20.2 Å². The van der Waals surface area contributed by atoms with Gasteiger partial charge in [0.25, 0.3) is 11.8 Å². The topological polar surface area (TPSA) is 96.0 Å². The zero-order valence-corrected chi connectivity index (χ0v) is 19.5. The molecule has 1 unspecified atom stereocenters. The van der Waals surface area contributed by atoms with Crippen molar-refractivity contribution in [3.63, 3.8) is 0 Å². The Bertz CT molecular complexity index is 938. The fraction of sp³-hybridized carbons (Fsp3) is 0.600. The highest BCUT2D eigenvalue weighted by Crippen LogP contribution is 2.37. The molecule has 8 heteroatoms. The van der Waals surface area contributed by atoms with E-state index in [-0.39, 0.29) is 17.9 Å². The van der Waals surface area contributed by atoms with E-state index in [1.165, 1.54) is 5.56 Å². The maximum Gasteiger partial charge on any atom is 0.326 e. The highest BCUT2D eigenvalue weighted by atomic mass is 16.5. The number of nitrogens with one attached hydrogen (secondary N) is 1. The second-order valence-corrected chi connectivity index (χ2v) is 9.53. The number of aryl methyl sites for hydroxylation is 1. The van der Waals surface area contributed by atoms with Crippen LogP contribution in [0.15, 0.2) is 24.3 Å². The number of rotatable bonds is 6. The number of benzene rings is 1. The molecule has 1 spiro atoms. The fourth-order valence-electron chi connectivity index (χ4n) is 5.46. The largest absolute Gasteiger partial charge is 0.454 e. The molecule has 1 saturated carbocycles. The fourth-order valence-corrected chi connectivity index (χ4v) is 5.46. The third-order valence-electron chi connectivity index (χ3n) is 7.62. The molecule has 1 atom stereocenters. The summed E-state index contributed by atoms with van der Waals surface area (Å²) in [6.07, 6.45) is 6.85. The molecule has 4 rings (SSSR count). The predicted octanol–water partition coefficient (Wildman–Crippen LogP) is 2.96. The van der Waals surface area contributed by atoms with Gasteiger partial charge in [-0.15, -0.1) is 0 Å². The third-order valence-corrected chi connectivity index (χ3v) is 7.62. The second-order valence-electron chi connectivity index (χ2n) is 9.53. The van der Waals surface area contributed by atoms with Crippen LogP contribution >= 0.6 is 0 Å². The summed E-state index contributed by atoms with van der Waals surface area (Å²) in [5.41, 5.74) is 1.48. The van der Waals surface area contributed by atoms with Crippen molar-refractivity contribution in [2.24, 2.45) is 5.92 Å². The van der Waals surface area contributed by atoms with Crippen LogP contribution in [0.4, 0.5) is 4.79 Å². The lowest BCUT2D eigenvalue weighted by molar-refractivity contribution is -0.154. The van der Waals surface area contributed by atoms with Gasteiger partial charge in [-0.05, 0) is 62.0 Å². The normalized spacial score (nSPS) is 26.7. The summed E-state index contributed by atoms with van der Waals surface area (Å²) in [7, 11) is 1.72. The number of esters is 1. The molecule has 0 radical (unpaired) electrons. The number of likely N-dealkylation sites (N-methyl/N-ethyl adjacent to an activating group) is 1. The number of fused-ring (bicyclic) bond motifs is 1. The highest BCUT2D eigenvalue weighted by molar-refractivity contribution is 6.08. The summed E-state index contributed by atoms with van der Waals surface area (Å²) in [6.45, 7) is 1.24. The number of urea groups is 1. The standard InChI is InChI=1S/C25H33N3O5/c1-3-17-11-13-25(14-12-17)23(31)28(24(32)26-25)15-22(30)33-16-21(29)27(2)20-10-6-8-18-7-4-5-9-19(18)20/h4-5,7,9,17,20H,3,6,8,10-16H2,1-2H3,(H,26,32). The van der Waals surface area contributed by atoms with Gasteiger partial charge in [0, 0.05) is 7.05 Å². The van der Waals surface area contributed by atoms with Crippen molar-refractivity contribution < 1.29 is 23.9 Å². The number of amides is 4. The monoisotopic (exact) mass is 455 g/mol. The third kappa shape index (κ3) is 4.61. The highest BCUT2D eigenvalue weighted by Gasteiger charge is 2.52. The van der Waals surface area contributed by atoms with Gasteiger partial charge in [0.1, 0.15) is 12.1 Å². The summed E-state index contributed by atoms with van der Waals surface area (Å²) in [5.74, 6) is -0.861. The van der Waals surface area contributed by atoms with Crippen LogP contribution in [0.5, 0.6) is 0 Å². The SMILES string of the molecule is CCC1CCC2(CC1)NC(=O)N(CC(=O)OCC(=O)N(C)C1CCCc3ccccc31)C2=O. The first-order chi connectivity index (χ1) is 15.8. The minimum Gasteiger partial charge on any atom is -0.454 e. The number of nitrogens with zero attached hydrogens (tertiary/aromatic N) is 2. The van der Waals surface area contributed by atoms with E-state index in [9.17, 15) is 19.2 Å². The molecule has 4 amide bonds. The Labute approximate surface area is 194 Å². The Hall–Kier alpha value is -2.90. The first kappa shape index (κ1) is 23.3. The molecule has 1 aromatic carbocycles. The minimum atomic E-state index is -0.895. The van der Waals surface area contributed by atoms with Crippen molar-refractivity contribution in [1.29, 1.82) is 0 Å². The number of carbonyl (C=O) groups is 4. The van der Waals surface area contributed by atoms with Gasteiger partial charge in [0.2, 0.25) is 0 Å². The van der Waals surface area contributed by atoms with E-state index < -0.39 is 30.7 Å². The Morgan fingerprint density at radius 1 is 1.18 bits per heavy atom. The average Bonchev–Trinajstić information content (AvgIpc) is 3.06. The van der Waals surface area contributed by atoms with Crippen molar-refractivity contribution in [3.05, 3.63) is 35.4 Å². The number of hydrogen-bond donors (Lipinski definition) is 1. The number of ether oxygens (including phenoxy) is 1. The van der Waals surface area contributed by atoms with Crippen LogP contribution in [0.1, 0.15) is 69.0 Å². The van der Waals surface area contributed by atoms with Crippen LogP contribution in [-0.4, -0.2) is 59.4 Å². The molecule has 178 valence electrons. The lowest BCUT2D eigenvalue weighted by Crippen LogP contribution is -2.49. The Kier molecular flexibility index (Phi) is 6.72. The Morgan fingerprint density at radius 2 is 1.91 bits per heavy atom. The van der Waals surface area contributed by atoms with E-state index in [1.807, 2.05) is 18.2 Å². The molecule has 3 aliphatic rings. The summed E-state index contributed by atoms with van der Waals surface area (Å²) in [4.78, 5) is 53.0. The van der Waals surface area contributed by atoms with Crippen molar-refractivity contribution in [3.8, 4) is 0 Å². The molecule has 1 aromatic rings. The first-order valence-corrected chi connectivity index (χ1v) is 12.0. The zero-order valence-electron chi connectivity index (χ0n) is 19.5. The zero-order chi connectivity index (χ0) is 23.6. The molecule has 2 fully saturated rings. The van der Waals surface area contributed by atoms with Gasteiger partial charge in [-0.2, -0.15) is 0 Å². The number of imide groups is 1. The van der Waals surface area contributed by atoms with E-state index in [1.54, 1.807) is 11.9 Å². The van der Waals surface area contributed by atoms with E-state index in [4.69, 9.17) is 4.74 Å². The van der Waals surface area contributed by atoms with Gasteiger partial charge < -0.3 is 15.0 Å². The van der Waals surface area contributed by atoms with Crippen molar-refractivity contribution >= 4 is 23.8 Å². The lowest BCUT2D eigenvalue weighted by Gasteiger charge is -2.34. The molecular formula is C25H33N3O5. The molecule has 1 heterocycles. The maximum atomic E-state index is 13.0. The van der Waals surface area contributed by atoms with Crippen LogP contribution in [0.2, 0.25) is 0 Å². The average molecular weight is 456 g/mol. The second kappa shape index (κ2) is 9.53. The van der Waals surface area contributed by atoms with E-state index >= 15 is 0 Å². The van der Waals surface area contributed by atoms with Gasteiger partial charge in [-0.1, -0.05) is 37.6 Å².